The standard InChI is InChI=1S/C14H8Cl4O3/c15-6-4-9(16)11(10(17)5-6)7-2-1-3-8(12(7)18)13(19)14(20)21/h1-5,13,19H,(H,20,21). The maximum atomic E-state index is 10.9. The van der Waals surface area contributed by atoms with Crippen molar-refractivity contribution in [2.45, 2.75) is 6.10 Å². The molecule has 2 N–H and O–H groups in total. The zero-order valence-corrected chi connectivity index (χ0v) is 13.3. The van der Waals surface area contributed by atoms with Crippen LogP contribution in [0.1, 0.15) is 11.7 Å². The fraction of sp³-hybridized carbons (Fsp3) is 0.0714. The molecule has 2 rings (SSSR count). The van der Waals surface area contributed by atoms with Crippen LogP contribution in [-0.2, 0) is 4.79 Å². The highest BCUT2D eigenvalue weighted by molar-refractivity contribution is 6.43. The molecule has 1 unspecified atom stereocenters. The Labute approximate surface area is 140 Å². The van der Waals surface area contributed by atoms with E-state index in [9.17, 15) is 9.90 Å². The Balaban J connectivity index is 2.67. The summed E-state index contributed by atoms with van der Waals surface area (Å²) in [7, 11) is 0. The second-order valence-electron chi connectivity index (χ2n) is 4.19. The maximum absolute atomic E-state index is 10.9. The van der Waals surface area contributed by atoms with Crippen LogP contribution in [-0.4, -0.2) is 16.2 Å². The second kappa shape index (κ2) is 6.42. The van der Waals surface area contributed by atoms with E-state index in [4.69, 9.17) is 51.5 Å². The SMILES string of the molecule is O=C(O)C(O)c1cccc(-c2c(Cl)cc(Cl)cc2Cl)c1Cl. The number of halogens is 4. The minimum Gasteiger partial charge on any atom is -0.479 e. The summed E-state index contributed by atoms with van der Waals surface area (Å²) in [6.45, 7) is 0. The third-order valence-corrected chi connectivity index (χ3v) is 4.07. The first kappa shape index (κ1) is 16.4. The molecular formula is C14H8Cl4O3. The molecule has 2 aromatic carbocycles. The molecule has 0 aliphatic carbocycles. The van der Waals surface area contributed by atoms with Crippen molar-refractivity contribution in [1.82, 2.24) is 0 Å². The quantitative estimate of drug-likeness (QED) is 0.796. The third-order valence-electron chi connectivity index (χ3n) is 2.83. The van der Waals surface area contributed by atoms with Crippen molar-refractivity contribution in [1.29, 1.82) is 0 Å². The lowest BCUT2D eigenvalue weighted by Crippen LogP contribution is -2.11. The first-order chi connectivity index (χ1) is 9.82. The van der Waals surface area contributed by atoms with E-state index in [1.165, 1.54) is 18.2 Å². The van der Waals surface area contributed by atoms with Crippen LogP contribution in [0.4, 0.5) is 0 Å². The molecule has 0 aliphatic rings. The van der Waals surface area contributed by atoms with E-state index in [1.807, 2.05) is 0 Å². The van der Waals surface area contributed by atoms with Gasteiger partial charge < -0.3 is 10.2 Å². The molecule has 0 bridgehead atoms. The molecule has 2 aromatic rings. The summed E-state index contributed by atoms with van der Waals surface area (Å²) in [5.41, 5.74) is 0.900. The molecule has 0 aromatic heterocycles. The third kappa shape index (κ3) is 3.28. The van der Waals surface area contributed by atoms with Crippen molar-refractivity contribution in [2.24, 2.45) is 0 Å². The summed E-state index contributed by atoms with van der Waals surface area (Å²) in [6.07, 6.45) is -1.73. The van der Waals surface area contributed by atoms with E-state index >= 15 is 0 Å². The topological polar surface area (TPSA) is 57.5 Å². The van der Waals surface area contributed by atoms with Gasteiger partial charge in [-0.25, -0.2) is 4.79 Å². The maximum Gasteiger partial charge on any atom is 0.337 e. The summed E-state index contributed by atoms with van der Waals surface area (Å²) < 4.78 is 0. The van der Waals surface area contributed by atoms with Crippen LogP contribution in [0.5, 0.6) is 0 Å². The van der Waals surface area contributed by atoms with Gasteiger partial charge in [-0.1, -0.05) is 64.6 Å². The van der Waals surface area contributed by atoms with Gasteiger partial charge in [0, 0.05) is 21.7 Å². The summed E-state index contributed by atoms with van der Waals surface area (Å²) in [5, 5.41) is 19.5. The fourth-order valence-corrected chi connectivity index (χ4v) is 3.23. The summed E-state index contributed by atoms with van der Waals surface area (Å²) >= 11 is 24.3. The number of benzene rings is 2. The van der Waals surface area contributed by atoms with Gasteiger partial charge in [0.25, 0.3) is 0 Å². The lowest BCUT2D eigenvalue weighted by Gasteiger charge is -2.14. The van der Waals surface area contributed by atoms with Gasteiger partial charge in [0.2, 0.25) is 0 Å². The zero-order valence-electron chi connectivity index (χ0n) is 10.3. The van der Waals surface area contributed by atoms with Crippen molar-refractivity contribution in [2.75, 3.05) is 0 Å². The number of aliphatic hydroxyl groups excluding tert-OH is 1. The number of aliphatic carboxylic acids is 1. The first-order valence-corrected chi connectivity index (χ1v) is 7.18. The number of carboxylic acids is 1. The van der Waals surface area contributed by atoms with Crippen LogP contribution in [0, 0.1) is 0 Å². The molecule has 0 fully saturated rings. The Kier molecular flexibility index (Phi) is 5.02. The van der Waals surface area contributed by atoms with Gasteiger partial charge in [0.05, 0.1) is 15.1 Å². The molecule has 110 valence electrons. The smallest absolute Gasteiger partial charge is 0.337 e. The van der Waals surface area contributed by atoms with Gasteiger partial charge in [-0.15, -0.1) is 0 Å². The van der Waals surface area contributed by atoms with Crippen LogP contribution in [0.3, 0.4) is 0 Å². The Hall–Kier alpha value is -0.970. The second-order valence-corrected chi connectivity index (χ2v) is 5.82. The Morgan fingerprint density at radius 2 is 1.62 bits per heavy atom. The van der Waals surface area contributed by atoms with Gasteiger partial charge in [-0.2, -0.15) is 0 Å². The van der Waals surface area contributed by atoms with E-state index in [-0.39, 0.29) is 20.6 Å². The highest BCUT2D eigenvalue weighted by Gasteiger charge is 2.22. The van der Waals surface area contributed by atoms with E-state index in [1.54, 1.807) is 12.1 Å². The molecule has 7 heteroatoms. The number of carbonyl (C=O) groups is 1. The predicted octanol–water partition coefficient (Wildman–Crippen LogP) is 5.09. The lowest BCUT2D eigenvalue weighted by atomic mass is 10.00. The van der Waals surface area contributed by atoms with Crippen molar-refractivity contribution in [3.63, 3.8) is 0 Å². The molecule has 21 heavy (non-hydrogen) atoms. The van der Waals surface area contributed by atoms with Gasteiger partial charge >= 0.3 is 5.97 Å². The van der Waals surface area contributed by atoms with Crippen molar-refractivity contribution in [3.8, 4) is 11.1 Å². The molecule has 0 radical (unpaired) electrons. The molecule has 0 spiro atoms. The minimum absolute atomic E-state index is 0.0590. The molecule has 0 amide bonds. The molecule has 3 nitrogen and oxygen atoms in total. The fourth-order valence-electron chi connectivity index (χ4n) is 1.89. The lowest BCUT2D eigenvalue weighted by molar-refractivity contribution is -0.146. The van der Waals surface area contributed by atoms with Crippen LogP contribution in [0.2, 0.25) is 20.1 Å². The van der Waals surface area contributed by atoms with Crippen LogP contribution >= 0.6 is 46.4 Å². The average Bonchev–Trinajstić information content (AvgIpc) is 2.38. The van der Waals surface area contributed by atoms with Crippen molar-refractivity contribution >= 4 is 52.4 Å². The highest BCUT2D eigenvalue weighted by Crippen LogP contribution is 2.42. The minimum atomic E-state index is -1.73. The summed E-state index contributed by atoms with van der Waals surface area (Å²) in [4.78, 5) is 10.9. The molecular weight excluding hydrogens is 358 g/mol. The van der Waals surface area contributed by atoms with E-state index in [0.29, 0.717) is 16.1 Å². The Morgan fingerprint density at radius 3 is 2.14 bits per heavy atom. The number of hydrogen-bond donors (Lipinski definition) is 2. The predicted molar refractivity (Wildman–Crippen MR) is 84.5 cm³/mol. The Morgan fingerprint density at radius 1 is 1.05 bits per heavy atom. The molecule has 1 atom stereocenters. The number of carboxylic acid groups (broad SMARTS) is 1. The monoisotopic (exact) mass is 364 g/mol. The Bertz CT molecular complexity index is 692. The van der Waals surface area contributed by atoms with Crippen molar-refractivity contribution < 1.29 is 15.0 Å². The van der Waals surface area contributed by atoms with Crippen LogP contribution in [0.25, 0.3) is 11.1 Å². The normalized spacial score (nSPS) is 12.2. The average molecular weight is 366 g/mol. The molecule has 0 saturated heterocycles. The van der Waals surface area contributed by atoms with Crippen LogP contribution < -0.4 is 0 Å². The number of aliphatic hydroxyl groups is 1. The zero-order chi connectivity index (χ0) is 15.7. The summed E-state index contributed by atoms with van der Waals surface area (Å²) in [6, 6.07) is 7.61. The number of hydrogen-bond acceptors (Lipinski definition) is 2. The number of rotatable bonds is 3. The highest BCUT2D eigenvalue weighted by atomic mass is 35.5. The van der Waals surface area contributed by atoms with Gasteiger partial charge in [-0.3, -0.25) is 0 Å². The largest absolute Gasteiger partial charge is 0.479 e. The molecule has 0 saturated carbocycles. The van der Waals surface area contributed by atoms with E-state index in [0.717, 1.165) is 0 Å². The van der Waals surface area contributed by atoms with Gasteiger partial charge in [-0.05, 0) is 12.1 Å². The van der Waals surface area contributed by atoms with Gasteiger partial charge in [0.15, 0.2) is 6.10 Å². The van der Waals surface area contributed by atoms with Gasteiger partial charge in [0.1, 0.15) is 0 Å². The van der Waals surface area contributed by atoms with E-state index < -0.39 is 12.1 Å². The summed E-state index contributed by atoms with van der Waals surface area (Å²) in [5.74, 6) is -1.40. The van der Waals surface area contributed by atoms with Crippen molar-refractivity contribution in [3.05, 3.63) is 56.0 Å². The van der Waals surface area contributed by atoms with Crippen LogP contribution in [0.15, 0.2) is 30.3 Å². The molecule has 0 aliphatic heterocycles. The molecule has 0 heterocycles. The first-order valence-electron chi connectivity index (χ1n) is 5.67. The van der Waals surface area contributed by atoms with E-state index in [2.05, 4.69) is 0 Å².